The van der Waals surface area contributed by atoms with Gasteiger partial charge in [0, 0.05) is 24.4 Å². The molecule has 2 atom stereocenters. The average molecular weight is 418 g/mol. The zero-order valence-corrected chi connectivity index (χ0v) is 15.6. The van der Waals surface area contributed by atoms with Gasteiger partial charge in [-0.1, -0.05) is 13.8 Å². The zero-order chi connectivity index (χ0) is 14.5. The molecule has 0 spiro atoms. The monoisotopic (exact) mass is 416 g/mol. The number of nitrogens with zero attached hydrogens (tertiary/aromatic N) is 1. The maximum atomic E-state index is 4.11. The zero-order valence-electron chi connectivity index (χ0n) is 11.6. The van der Waals surface area contributed by atoms with Crippen LogP contribution < -0.4 is 5.32 Å². The lowest BCUT2D eigenvalue weighted by molar-refractivity contribution is 0.466. The van der Waals surface area contributed by atoms with E-state index >= 15 is 0 Å². The first-order valence-electron chi connectivity index (χ1n) is 6.71. The van der Waals surface area contributed by atoms with Gasteiger partial charge >= 0.3 is 0 Å². The van der Waals surface area contributed by atoms with E-state index in [1.165, 1.54) is 14.9 Å². The number of pyridine rings is 1. The Labute approximate surface area is 141 Å². The van der Waals surface area contributed by atoms with Gasteiger partial charge in [0.1, 0.15) is 0 Å². The maximum absolute atomic E-state index is 4.11. The molecule has 0 amide bonds. The highest BCUT2D eigenvalue weighted by Crippen LogP contribution is 2.40. The number of hydrogen-bond acceptors (Lipinski definition) is 3. The molecule has 0 radical (unpaired) electrons. The summed E-state index contributed by atoms with van der Waals surface area (Å²) in [5.41, 5.74) is 2.63. The molecule has 108 valence electrons. The molecule has 1 N–H and O–H groups in total. The molecule has 0 aromatic carbocycles. The second kappa shape index (κ2) is 7.69. The van der Waals surface area contributed by atoms with Gasteiger partial charge in [-0.2, -0.15) is 0 Å². The molecule has 20 heavy (non-hydrogen) atoms. The van der Waals surface area contributed by atoms with Crippen molar-refractivity contribution in [1.82, 2.24) is 10.3 Å². The summed E-state index contributed by atoms with van der Waals surface area (Å²) in [5, 5.41) is 3.67. The van der Waals surface area contributed by atoms with Crippen LogP contribution >= 0.6 is 43.2 Å². The summed E-state index contributed by atoms with van der Waals surface area (Å²) in [6.45, 7) is 5.47. The molecule has 2 unspecified atom stereocenters. The van der Waals surface area contributed by atoms with Crippen LogP contribution in [-0.4, -0.2) is 11.5 Å². The number of rotatable bonds is 6. The van der Waals surface area contributed by atoms with Gasteiger partial charge < -0.3 is 5.32 Å². The molecule has 2 heterocycles. The van der Waals surface area contributed by atoms with Crippen LogP contribution in [0.2, 0.25) is 0 Å². The van der Waals surface area contributed by atoms with Crippen molar-refractivity contribution in [3.63, 3.8) is 0 Å². The topological polar surface area (TPSA) is 24.9 Å². The Balaban J connectivity index is 2.30. The molecular weight excluding hydrogens is 400 g/mol. The lowest BCUT2D eigenvalue weighted by Gasteiger charge is -2.25. The summed E-state index contributed by atoms with van der Waals surface area (Å²) in [6.07, 6.45) is 4.85. The van der Waals surface area contributed by atoms with E-state index in [1.54, 1.807) is 11.3 Å². The van der Waals surface area contributed by atoms with Crippen LogP contribution in [-0.2, 0) is 0 Å². The van der Waals surface area contributed by atoms with E-state index in [2.05, 4.69) is 74.2 Å². The second-order valence-corrected chi connectivity index (χ2v) is 8.53. The predicted octanol–water partition coefficient (Wildman–Crippen LogP) is 5.51. The average Bonchev–Trinajstić information content (AvgIpc) is 2.79. The Morgan fingerprint density at radius 2 is 2.00 bits per heavy atom. The van der Waals surface area contributed by atoms with Crippen molar-refractivity contribution in [3.05, 3.63) is 49.3 Å². The van der Waals surface area contributed by atoms with Gasteiger partial charge in [-0.25, -0.2) is 0 Å². The van der Waals surface area contributed by atoms with Crippen molar-refractivity contribution >= 4 is 43.2 Å². The van der Waals surface area contributed by atoms with E-state index < -0.39 is 0 Å². The first-order chi connectivity index (χ1) is 9.63. The van der Waals surface area contributed by atoms with Gasteiger partial charge in [-0.3, -0.25) is 4.98 Å². The summed E-state index contributed by atoms with van der Waals surface area (Å²) in [4.78, 5) is 4.11. The highest BCUT2D eigenvalue weighted by molar-refractivity contribution is 9.12. The lowest BCUT2D eigenvalue weighted by Crippen LogP contribution is -2.26. The van der Waals surface area contributed by atoms with E-state index in [0.29, 0.717) is 12.0 Å². The first kappa shape index (κ1) is 16.1. The van der Waals surface area contributed by atoms with Gasteiger partial charge in [-0.05, 0) is 74.2 Å². The number of nitrogens with one attached hydrogen (secondary N) is 1. The molecule has 2 nitrogen and oxygen atoms in total. The summed E-state index contributed by atoms with van der Waals surface area (Å²) in [5.74, 6) is 0.391. The fraction of sp³-hybridized carbons (Fsp3) is 0.400. The minimum atomic E-state index is 0.300. The second-order valence-electron chi connectivity index (χ2n) is 4.78. The van der Waals surface area contributed by atoms with Crippen molar-refractivity contribution in [1.29, 1.82) is 0 Å². The van der Waals surface area contributed by atoms with Crippen molar-refractivity contribution in [2.45, 2.75) is 32.2 Å². The van der Waals surface area contributed by atoms with Gasteiger partial charge in [0.15, 0.2) is 0 Å². The molecule has 0 saturated heterocycles. The standard InChI is InChI=1S/C15H18Br2N2S/c1-3-6-19-14(12-9-13(16)20-15(12)17)10(2)11-4-7-18-8-5-11/h4-5,7-10,14,19H,3,6H2,1-2H3. The Bertz CT molecular complexity index is 542. The molecule has 0 fully saturated rings. The van der Waals surface area contributed by atoms with Crippen LogP contribution in [0.15, 0.2) is 38.2 Å². The summed E-state index contributed by atoms with van der Waals surface area (Å²) in [7, 11) is 0. The van der Waals surface area contributed by atoms with E-state index in [9.17, 15) is 0 Å². The van der Waals surface area contributed by atoms with Crippen molar-refractivity contribution in [2.75, 3.05) is 6.54 Å². The van der Waals surface area contributed by atoms with Gasteiger partial charge in [-0.15, -0.1) is 11.3 Å². The smallest absolute Gasteiger partial charge is 0.0758 e. The normalized spacial score (nSPS) is 14.2. The molecule has 0 aliphatic rings. The SMILES string of the molecule is CCCNC(c1cc(Br)sc1Br)C(C)c1ccncc1. The van der Waals surface area contributed by atoms with Crippen molar-refractivity contribution in [3.8, 4) is 0 Å². The third kappa shape index (κ3) is 3.91. The number of thiophene rings is 1. The number of halogens is 2. The van der Waals surface area contributed by atoms with Crippen LogP contribution in [0.25, 0.3) is 0 Å². The quantitative estimate of drug-likeness (QED) is 0.669. The summed E-state index contributed by atoms with van der Waals surface area (Å²) in [6, 6.07) is 6.70. The third-order valence-electron chi connectivity index (χ3n) is 3.36. The fourth-order valence-corrected chi connectivity index (χ4v) is 5.21. The number of hydrogen-bond donors (Lipinski definition) is 1. The van der Waals surface area contributed by atoms with Crippen LogP contribution in [0.4, 0.5) is 0 Å². The maximum Gasteiger partial charge on any atom is 0.0758 e. The minimum Gasteiger partial charge on any atom is -0.309 e. The predicted molar refractivity (Wildman–Crippen MR) is 93.4 cm³/mol. The molecule has 0 saturated carbocycles. The van der Waals surface area contributed by atoms with E-state index in [1.807, 2.05) is 12.4 Å². The Morgan fingerprint density at radius 1 is 1.30 bits per heavy atom. The molecule has 2 rings (SSSR count). The summed E-state index contributed by atoms with van der Waals surface area (Å²) >= 11 is 8.99. The molecule has 5 heteroatoms. The minimum absolute atomic E-state index is 0.300. The Hall–Kier alpha value is -0.230. The first-order valence-corrected chi connectivity index (χ1v) is 9.11. The van der Waals surface area contributed by atoms with E-state index in [4.69, 9.17) is 0 Å². The molecule has 0 aliphatic heterocycles. The largest absolute Gasteiger partial charge is 0.309 e. The highest BCUT2D eigenvalue weighted by Gasteiger charge is 2.23. The van der Waals surface area contributed by atoms with Gasteiger partial charge in [0.25, 0.3) is 0 Å². The fourth-order valence-electron chi connectivity index (χ4n) is 2.28. The van der Waals surface area contributed by atoms with Crippen LogP contribution in [0.5, 0.6) is 0 Å². The third-order valence-corrected chi connectivity index (χ3v) is 5.75. The van der Waals surface area contributed by atoms with Crippen LogP contribution in [0.1, 0.15) is 43.4 Å². The van der Waals surface area contributed by atoms with E-state index in [0.717, 1.165) is 16.8 Å². The summed E-state index contributed by atoms with van der Waals surface area (Å²) < 4.78 is 2.35. The Kier molecular flexibility index (Phi) is 6.20. The molecular formula is C15H18Br2N2S. The van der Waals surface area contributed by atoms with Crippen molar-refractivity contribution < 1.29 is 0 Å². The van der Waals surface area contributed by atoms with Crippen LogP contribution in [0, 0.1) is 0 Å². The van der Waals surface area contributed by atoms with Crippen LogP contribution in [0.3, 0.4) is 0 Å². The Morgan fingerprint density at radius 3 is 2.55 bits per heavy atom. The lowest BCUT2D eigenvalue weighted by atomic mass is 9.90. The number of aromatic nitrogens is 1. The molecule has 2 aromatic rings. The van der Waals surface area contributed by atoms with Gasteiger partial charge in [0.05, 0.1) is 7.57 Å². The molecule has 0 bridgehead atoms. The molecule has 2 aromatic heterocycles. The molecule has 0 aliphatic carbocycles. The highest BCUT2D eigenvalue weighted by atomic mass is 79.9. The van der Waals surface area contributed by atoms with E-state index in [-0.39, 0.29) is 0 Å². The van der Waals surface area contributed by atoms with Gasteiger partial charge in [0.2, 0.25) is 0 Å². The van der Waals surface area contributed by atoms with Crippen molar-refractivity contribution in [2.24, 2.45) is 0 Å².